The van der Waals surface area contributed by atoms with Crippen molar-refractivity contribution in [2.45, 2.75) is 45.3 Å². The summed E-state index contributed by atoms with van der Waals surface area (Å²) in [6.45, 7) is 6.62. The first kappa shape index (κ1) is 12.0. The van der Waals surface area contributed by atoms with Crippen LogP contribution in [0.4, 0.5) is 0 Å². The normalized spacial score (nSPS) is 29.8. The van der Waals surface area contributed by atoms with Crippen LogP contribution in [-0.4, -0.2) is 41.8 Å². The largest absolute Gasteiger partial charge is 0.392 e. The van der Waals surface area contributed by atoms with Gasteiger partial charge in [-0.05, 0) is 38.8 Å². The Morgan fingerprint density at radius 2 is 2.21 bits per heavy atom. The fourth-order valence-corrected chi connectivity index (χ4v) is 2.61. The zero-order valence-corrected chi connectivity index (χ0v) is 9.45. The third kappa shape index (κ3) is 2.94. The SMILES string of the molecule is CCN(CC(C)O)C1CCCC1CN. The second kappa shape index (κ2) is 5.69. The van der Waals surface area contributed by atoms with Crippen molar-refractivity contribution >= 4 is 0 Å². The third-order valence-corrected chi connectivity index (χ3v) is 3.30. The lowest BCUT2D eigenvalue weighted by Crippen LogP contribution is -2.43. The van der Waals surface area contributed by atoms with E-state index in [4.69, 9.17) is 5.73 Å². The number of aliphatic hydroxyl groups is 1. The second-order valence-electron chi connectivity index (χ2n) is 4.43. The van der Waals surface area contributed by atoms with Gasteiger partial charge in [0.05, 0.1) is 6.10 Å². The van der Waals surface area contributed by atoms with Crippen LogP contribution in [0.15, 0.2) is 0 Å². The molecule has 0 aliphatic heterocycles. The van der Waals surface area contributed by atoms with E-state index >= 15 is 0 Å². The maximum absolute atomic E-state index is 9.40. The van der Waals surface area contributed by atoms with Gasteiger partial charge in [0.15, 0.2) is 0 Å². The molecule has 0 aromatic carbocycles. The van der Waals surface area contributed by atoms with Gasteiger partial charge >= 0.3 is 0 Å². The van der Waals surface area contributed by atoms with Gasteiger partial charge in [0, 0.05) is 12.6 Å². The monoisotopic (exact) mass is 200 g/mol. The quantitative estimate of drug-likeness (QED) is 0.690. The summed E-state index contributed by atoms with van der Waals surface area (Å²) in [7, 11) is 0. The first-order valence-electron chi connectivity index (χ1n) is 5.81. The molecule has 1 fully saturated rings. The van der Waals surface area contributed by atoms with E-state index in [1.165, 1.54) is 19.3 Å². The number of nitrogens with two attached hydrogens (primary N) is 1. The van der Waals surface area contributed by atoms with E-state index in [-0.39, 0.29) is 6.10 Å². The summed E-state index contributed by atoms with van der Waals surface area (Å²) in [5, 5.41) is 9.40. The summed E-state index contributed by atoms with van der Waals surface area (Å²) in [6, 6.07) is 0.611. The lowest BCUT2D eigenvalue weighted by molar-refractivity contribution is 0.0884. The predicted octanol–water partition coefficient (Wildman–Crippen LogP) is 0.816. The van der Waals surface area contributed by atoms with Crippen molar-refractivity contribution in [3.05, 3.63) is 0 Å². The molecule has 1 rings (SSSR count). The van der Waals surface area contributed by atoms with Gasteiger partial charge in [-0.25, -0.2) is 0 Å². The van der Waals surface area contributed by atoms with E-state index in [1.807, 2.05) is 6.92 Å². The molecule has 84 valence electrons. The van der Waals surface area contributed by atoms with Gasteiger partial charge in [-0.3, -0.25) is 4.90 Å². The predicted molar refractivity (Wildman–Crippen MR) is 59.1 cm³/mol. The summed E-state index contributed by atoms with van der Waals surface area (Å²) in [5.74, 6) is 0.647. The summed E-state index contributed by atoms with van der Waals surface area (Å²) in [5.41, 5.74) is 5.76. The van der Waals surface area contributed by atoms with Crippen LogP contribution in [0.1, 0.15) is 33.1 Å². The number of hydrogen-bond acceptors (Lipinski definition) is 3. The van der Waals surface area contributed by atoms with Gasteiger partial charge in [0.25, 0.3) is 0 Å². The summed E-state index contributed by atoms with van der Waals surface area (Å²) in [6.07, 6.45) is 3.58. The van der Waals surface area contributed by atoms with Crippen LogP contribution < -0.4 is 5.73 Å². The molecule has 1 saturated carbocycles. The maximum atomic E-state index is 9.40. The second-order valence-corrected chi connectivity index (χ2v) is 4.43. The molecule has 3 atom stereocenters. The van der Waals surface area contributed by atoms with E-state index in [1.54, 1.807) is 0 Å². The number of hydrogen-bond donors (Lipinski definition) is 2. The highest BCUT2D eigenvalue weighted by atomic mass is 16.3. The Bertz CT molecular complexity index is 161. The minimum atomic E-state index is -0.228. The molecule has 0 heterocycles. The zero-order valence-electron chi connectivity index (χ0n) is 9.45. The average molecular weight is 200 g/mol. The molecular formula is C11H24N2O. The fraction of sp³-hybridized carbons (Fsp3) is 1.00. The lowest BCUT2D eigenvalue weighted by Gasteiger charge is -2.32. The Morgan fingerprint density at radius 1 is 1.50 bits per heavy atom. The van der Waals surface area contributed by atoms with Crippen molar-refractivity contribution < 1.29 is 5.11 Å². The summed E-state index contributed by atoms with van der Waals surface area (Å²) < 4.78 is 0. The van der Waals surface area contributed by atoms with Crippen molar-refractivity contribution in [3.63, 3.8) is 0 Å². The van der Waals surface area contributed by atoms with E-state index in [2.05, 4.69) is 11.8 Å². The van der Waals surface area contributed by atoms with Gasteiger partial charge in [-0.15, -0.1) is 0 Å². The Balaban J connectivity index is 2.49. The number of likely N-dealkylation sites (N-methyl/N-ethyl adjacent to an activating group) is 1. The highest BCUT2D eigenvalue weighted by Gasteiger charge is 2.30. The van der Waals surface area contributed by atoms with Crippen molar-refractivity contribution in [3.8, 4) is 0 Å². The van der Waals surface area contributed by atoms with Crippen LogP contribution in [0.25, 0.3) is 0 Å². The molecule has 0 spiro atoms. The van der Waals surface area contributed by atoms with Crippen LogP contribution in [0.3, 0.4) is 0 Å². The Morgan fingerprint density at radius 3 is 2.71 bits per heavy atom. The van der Waals surface area contributed by atoms with Crippen LogP contribution in [0.5, 0.6) is 0 Å². The molecule has 0 aromatic heterocycles. The Hall–Kier alpha value is -0.120. The molecule has 0 radical (unpaired) electrons. The Labute approximate surface area is 87.3 Å². The maximum Gasteiger partial charge on any atom is 0.0639 e. The van der Waals surface area contributed by atoms with Gasteiger partial charge < -0.3 is 10.8 Å². The van der Waals surface area contributed by atoms with Gasteiger partial charge in [-0.1, -0.05) is 13.3 Å². The molecule has 1 aliphatic rings. The van der Waals surface area contributed by atoms with Crippen LogP contribution in [0, 0.1) is 5.92 Å². The van der Waals surface area contributed by atoms with Crippen molar-refractivity contribution in [1.82, 2.24) is 4.90 Å². The molecule has 1 aliphatic carbocycles. The highest BCUT2D eigenvalue weighted by molar-refractivity contribution is 4.86. The summed E-state index contributed by atoms with van der Waals surface area (Å²) in [4.78, 5) is 2.38. The molecule has 3 heteroatoms. The smallest absolute Gasteiger partial charge is 0.0639 e. The molecule has 3 unspecified atom stereocenters. The number of aliphatic hydroxyl groups excluding tert-OH is 1. The standard InChI is InChI=1S/C11H24N2O/c1-3-13(8-9(2)14)11-6-4-5-10(11)7-12/h9-11,14H,3-8,12H2,1-2H3. The van der Waals surface area contributed by atoms with Gasteiger partial charge in [0.1, 0.15) is 0 Å². The lowest BCUT2D eigenvalue weighted by atomic mass is 10.0. The highest BCUT2D eigenvalue weighted by Crippen LogP contribution is 2.29. The first-order valence-corrected chi connectivity index (χ1v) is 5.81. The zero-order chi connectivity index (χ0) is 10.6. The molecule has 3 N–H and O–H groups in total. The molecule has 0 bridgehead atoms. The fourth-order valence-electron chi connectivity index (χ4n) is 2.61. The molecule has 0 amide bonds. The van der Waals surface area contributed by atoms with Crippen LogP contribution >= 0.6 is 0 Å². The Kier molecular flexibility index (Phi) is 4.85. The molecular weight excluding hydrogens is 176 g/mol. The average Bonchev–Trinajstić information content (AvgIpc) is 2.61. The molecule has 0 saturated heterocycles. The third-order valence-electron chi connectivity index (χ3n) is 3.30. The minimum absolute atomic E-state index is 0.228. The van der Waals surface area contributed by atoms with E-state index in [9.17, 15) is 5.11 Å². The summed E-state index contributed by atoms with van der Waals surface area (Å²) >= 11 is 0. The van der Waals surface area contributed by atoms with E-state index in [0.29, 0.717) is 12.0 Å². The van der Waals surface area contributed by atoms with Crippen LogP contribution in [-0.2, 0) is 0 Å². The van der Waals surface area contributed by atoms with E-state index in [0.717, 1.165) is 19.6 Å². The molecule has 14 heavy (non-hydrogen) atoms. The van der Waals surface area contributed by atoms with E-state index < -0.39 is 0 Å². The van der Waals surface area contributed by atoms with Gasteiger partial charge in [0.2, 0.25) is 0 Å². The topological polar surface area (TPSA) is 49.5 Å². The number of rotatable bonds is 5. The molecule has 3 nitrogen and oxygen atoms in total. The molecule has 0 aromatic rings. The van der Waals surface area contributed by atoms with Crippen molar-refractivity contribution in [2.24, 2.45) is 11.7 Å². The first-order chi connectivity index (χ1) is 6.69. The number of nitrogens with zero attached hydrogens (tertiary/aromatic N) is 1. The van der Waals surface area contributed by atoms with Crippen molar-refractivity contribution in [2.75, 3.05) is 19.6 Å². The van der Waals surface area contributed by atoms with Gasteiger partial charge in [-0.2, -0.15) is 0 Å². The van der Waals surface area contributed by atoms with Crippen molar-refractivity contribution in [1.29, 1.82) is 0 Å². The minimum Gasteiger partial charge on any atom is -0.392 e. The van der Waals surface area contributed by atoms with Crippen LogP contribution in [0.2, 0.25) is 0 Å².